The Morgan fingerprint density at radius 3 is 2.81 bits per heavy atom. The molecule has 2 N–H and O–H groups in total. The van der Waals surface area contributed by atoms with Crippen molar-refractivity contribution in [2.75, 3.05) is 43.3 Å². The van der Waals surface area contributed by atoms with E-state index in [9.17, 15) is 4.57 Å². The number of hydrogen-bond donors (Lipinski definition) is 2. The van der Waals surface area contributed by atoms with Gasteiger partial charge in [-0.3, -0.25) is 9.46 Å². The van der Waals surface area contributed by atoms with Gasteiger partial charge in [-0.1, -0.05) is 17.7 Å². The second-order valence-electron chi connectivity index (χ2n) is 7.90. The van der Waals surface area contributed by atoms with Crippen LogP contribution in [0.15, 0.2) is 36.8 Å². The number of nitrogens with zero attached hydrogens (tertiary/aromatic N) is 5. The molecule has 0 aliphatic carbocycles. The van der Waals surface area contributed by atoms with Crippen LogP contribution < -0.4 is 10.6 Å². The molecular formula is C21H27ClN7O2P. The highest BCUT2D eigenvalue weighted by atomic mass is 35.5. The third kappa shape index (κ3) is 5.92. The lowest BCUT2D eigenvalue weighted by atomic mass is 10.1. The van der Waals surface area contributed by atoms with E-state index in [1.165, 1.54) is 6.33 Å². The Bertz CT molecular complexity index is 1120. The molecule has 0 spiro atoms. The number of fused-ring (bicyclic) bond motifs is 1. The Balaban J connectivity index is 1.43. The summed E-state index contributed by atoms with van der Waals surface area (Å²) in [5, 5.41) is 7.32. The predicted molar refractivity (Wildman–Crippen MR) is 128 cm³/mol. The average molecular weight is 476 g/mol. The van der Waals surface area contributed by atoms with Crippen LogP contribution in [-0.4, -0.2) is 63.5 Å². The van der Waals surface area contributed by atoms with Crippen molar-refractivity contribution in [3.8, 4) is 0 Å². The van der Waals surface area contributed by atoms with Crippen molar-refractivity contribution in [3.05, 3.63) is 41.8 Å². The van der Waals surface area contributed by atoms with Gasteiger partial charge >= 0.3 is 0 Å². The molecule has 11 heteroatoms. The average Bonchev–Trinajstić information content (AvgIpc) is 2.75. The van der Waals surface area contributed by atoms with Crippen LogP contribution in [0.1, 0.15) is 19.8 Å². The molecule has 0 radical (unpaired) electrons. The zero-order valence-corrected chi connectivity index (χ0v) is 19.8. The Hall–Kier alpha value is -2.32. The highest BCUT2D eigenvalue weighted by Crippen LogP contribution is 2.43. The first-order valence-electron chi connectivity index (χ1n) is 10.6. The van der Waals surface area contributed by atoms with Gasteiger partial charge in [-0.05, 0) is 38.0 Å². The van der Waals surface area contributed by atoms with Crippen molar-refractivity contribution in [2.45, 2.75) is 25.8 Å². The first-order valence-corrected chi connectivity index (χ1v) is 13.3. The van der Waals surface area contributed by atoms with Crippen LogP contribution in [0, 0.1) is 0 Å². The molecule has 1 atom stereocenters. The molecule has 3 aromatic rings. The quantitative estimate of drug-likeness (QED) is 0.452. The van der Waals surface area contributed by atoms with Gasteiger partial charge in [0.1, 0.15) is 17.4 Å². The summed E-state index contributed by atoms with van der Waals surface area (Å²) in [7, 11) is -2.56. The van der Waals surface area contributed by atoms with E-state index in [0.717, 1.165) is 31.6 Å². The van der Waals surface area contributed by atoms with E-state index in [1.807, 2.05) is 31.2 Å². The maximum Gasteiger partial charge on any atom is 0.223 e. The minimum Gasteiger partial charge on any atom is -0.351 e. The molecule has 1 aliphatic heterocycles. The van der Waals surface area contributed by atoms with E-state index in [1.54, 1.807) is 12.9 Å². The third-order valence-corrected chi connectivity index (χ3v) is 7.20. The smallest absolute Gasteiger partial charge is 0.223 e. The molecule has 170 valence electrons. The van der Waals surface area contributed by atoms with Gasteiger partial charge in [0.15, 0.2) is 5.82 Å². The molecule has 0 amide bonds. The summed E-state index contributed by atoms with van der Waals surface area (Å²) in [6.07, 6.45) is 5.49. The maximum atomic E-state index is 12.4. The maximum absolute atomic E-state index is 12.4. The highest BCUT2D eigenvalue weighted by molar-refractivity contribution is 7.58. The number of anilines is 3. The van der Waals surface area contributed by atoms with Crippen LogP contribution in [0.2, 0.25) is 5.02 Å². The Labute approximate surface area is 192 Å². The van der Waals surface area contributed by atoms with Gasteiger partial charge in [-0.2, -0.15) is 0 Å². The lowest BCUT2D eigenvalue weighted by Gasteiger charge is -2.33. The first kappa shape index (κ1) is 22.9. The van der Waals surface area contributed by atoms with Crippen LogP contribution in [0.4, 0.5) is 17.5 Å². The number of hydrogen-bond acceptors (Lipinski definition) is 9. The van der Waals surface area contributed by atoms with Crippen LogP contribution in [0.5, 0.6) is 0 Å². The topological polar surface area (TPSA) is 105 Å². The van der Waals surface area contributed by atoms with E-state index >= 15 is 0 Å². The standard InChI is InChI=1S/C21H27ClN7O2P/c1-3-31-32(2,30)14-29-9-7-16(8-10-29)27-21-23-12-18-19(28-21)20(25-13-24-18)26-17-6-4-5-15(22)11-17/h4-6,11-13,16H,3,7-10,14H2,1-2H3,(H,23,27,28)(H,24,25,26). The molecule has 2 aromatic heterocycles. The molecule has 32 heavy (non-hydrogen) atoms. The van der Waals surface area contributed by atoms with Gasteiger partial charge in [0.05, 0.1) is 19.1 Å². The molecule has 1 unspecified atom stereocenters. The number of nitrogens with one attached hydrogen (secondary N) is 2. The molecule has 1 aromatic carbocycles. The van der Waals surface area contributed by atoms with Gasteiger partial charge < -0.3 is 15.2 Å². The molecule has 3 heterocycles. The van der Waals surface area contributed by atoms with Gasteiger partial charge in [0.25, 0.3) is 0 Å². The summed E-state index contributed by atoms with van der Waals surface area (Å²) < 4.78 is 17.8. The zero-order chi connectivity index (χ0) is 22.6. The highest BCUT2D eigenvalue weighted by Gasteiger charge is 2.25. The molecule has 9 nitrogen and oxygen atoms in total. The first-order chi connectivity index (χ1) is 15.4. The molecule has 1 saturated heterocycles. The molecule has 0 bridgehead atoms. The van der Waals surface area contributed by atoms with Crippen LogP contribution in [0.25, 0.3) is 11.0 Å². The number of benzene rings is 1. The van der Waals surface area contributed by atoms with Crippen LogP contribution in [-0.2, 0) is 9.09 Å². The van der Waals surface area contributed by atoms with Crippen molar-refractivity contribution in [3.63, 3.8) is 0 Å². The largest absolute Gasteiger partial charge is 0.351 e. The summed E-state index contributed by atoms with van der Waals surface area (Å²) in [5.41, 5.74) is 2.10. The fraction of sp³-hybridized carbons (Fsp3) is 0.429. The van der Waals surface area contributed by atoms with Gasteiger partial charge in [-0.15, -0.1) is 0 Å². The molecule has 4 rings (SSSR count). The number of rotatable bonds is 8. The third-order valence-electron chi connectivity index (χ3n) is 5.24. The van der Waals surface area contributed by atoms with Crippen molar-refractivity contribution in [2.24, 2.45) is 0 Å². The van der Waals surface area contributed by atoms with E-state index in [0.29, 0.717) is 40.7 Å². The van der Waals surface area contributed by atoms with E-state index in [2.05, 4.69) is 35.5 Å². The lowest BCUT2D eigenvalue weighted by molar-refractivity contribution is 0.233. The molecular weight excluding hydrogens is 449 g/mol. The van der Waals surface area contributed by atoms with Crippen LogP contribution >= 0.6 is 19.0 Å². The van der Waals surface area contributed by atoms with E-state index in [4.69, 9.17) is 16.1 Å². The van der Waals surface area contributed by atoms with E-state index in [-0.39, 0.29) is 6.04 Å². The normalized spacial score (nSPS) is 17.2. The zero-order valence-electron chi connectivity index (χ0n) is 18.2. The summed E-state index contributed by atoms with van der Waals surface area (Å²) in [4.78, 5) is 19.9. The fourth-order valence-corrected chi connectivity index (χ4v) is 5.62. The molecule has 1 fully saturated rings. The summed E-state index contributed by atoms with van der Waals surface area (Å²) >= 11 is 6.09. The second kappa shape index (κ2) is 10.1. The van der Waals surface area contributed by atoms with Gasteiger partial charge in [0, 0.05) is 36.5 Å². The number of piperidine rings is 1. The van der Waals surface area contributed by atoms with Crippen molar-refractivity contribution < 1.29 is 9.09 Å². The van der Waals surface area contributed by atoms with Crippen molar-refractivity contribution in [1.29, 1.82) is 0 Å². The molecule has 0 saturated carbocycles. The second-order valence-corrected chi connectivity index (χ2v) is 10.9. The number of likely N-dealkylation sites (tertiary alicyclic amines) is 1. The summed E-state index contributed by atoms with van der Waals surface area (Å²) in [6, 6.07) is 7.66. The molecule has 1 aliphatic rings. The number of aromatic nitrogens is 4. The monoisotopic (exact) mass is 475 g/mol. The minimum absolute atomic E-state index is 0.237. The predicted octanol–water partition coefficient (Wildman–Crippen LogP) is 4.60. The lowest BCUT2D eigenvalue weighted by Crippen LogP contribution is -2.39. The Morgan fingerprint density at radius 2 is 2.06 bits per heavy atom. The Morgan fingerprint density at radius 1 is 1.25 bits per heavy atom. The summed E-state index contributed by atoms with van der Waals surface area (Å²) in [6.45, 7) is 5.75. The minimum atomic E-state index is -2.56. The van der Waals surface area contributed by atoms with Crippen molar-refractivity contribution >= 4 is 47.5 Å². The fourth-order valence-electron chi connectivity index (χ4n) is 3.80. The van der Waals surface area contributed by atoms with Gasteiger partial charge in [-0.25, -0.2) is 19.9 Å². The SMILES string of the molecule is CCOP(C)(=O)CN1CCC(Nc2ncc3ncnc(Nc4cccc(Cl)c4)c3n2)CC1. The van der Waals surface area contributed by atoms with Crippen LogP contribution in [0.3, 0.4) is 0 Å². The summed E-state index contributed by atoms with van der Waals surface area (Å²) in [5.74, 6) is 1.13. The van der Waals surface area contributed by atoms with Gasteiger partial charge in [0.2, 0.25) is 13.3 Å². The van der Waals surface area contributed by atoms with Crippen molar-refractivity contribution in [1.82, 2.24) is 24.8 Å². The van der Waals surface area contributed by atoms with E-state index < -0.39 is 7.37 Å². The number of halogens is 1. The Kier molecular flexibility index (Phi) is 7.20.